The molecule has 2 N–H and O–H groups in total. The van der Waals surface area contributed by atoms with Gasteiger partial charge in [-0.15, -0.1) is 11.3 Å². The molecule has 1 atom stereocenters. The second kappa shape index (κ2) is 6.10. The third-order valence-corrected chi connectivity index (χ3v) is 4.95. The van der Waals surface area contributed by atoms with Crippen LogP contribution in [-0.2, 0) is 9.53 Å². The zero-order valence-corrected chi connectivity index (χ0v) is 13.5. The first-order chi connectivity index (χ1) is 10.6. The number of nitrogens with zero attached hydrogens (tertiary/aromatic N) is 1. The minimum atomic E-state index is -0.386. The zero-order valence-electron chi connectivity index (χ0n) is 12.6. The molecule has 0 aliphatic carbocycles. The second-order valence-electron chi connectivity index (χ2n) is 5.50. The number of allylic oxidation sites excluding steroid dienone is 1. The van der Waals surface area contributed by atoms with Crippen molar-refractivity contribution in [1.82, 2.24) is 15.5 Å². The number of hydrogen-bond acceptors (Lipinski definition) is 4. The molecule has 3 amide bonds. The van der Waals surface area contributed by atoms with Crippen LogP contribution in [0, 0.1) is 6.92 Å². The number of rotatable bonds is 2. The first kappa shape index (κ1) is 15.1. The number of urea groups is 1. The summed E-state index contributed by atoms with van der Waals surface area (Å²) in [5, 5.41) is 7.61. The van der Waals surface area contributed by atoms with E-state index in [-0.39, 0.29) is 18.0 Å². The maximum absolute atomic E-state index is 12.9. The largest absolute Gasteiger partial charge is 0.378 e. The Labute approximate surface area is 133 Å². The number of carbonyl (C=O) groups excluding carboxylic acids is 2. The molecule has 3 rings (SSSR count). The number of amides is 3. The van der Waals surface area contributed by atoms with Gasteiger partial charge in [0.25, 0.3) is 5.91 Å². The Morgan fingerprint density at radius 2 is 2.09 bits per heavy atom. The molecule has 0 radical (unpaired) electrons. The predicted octanol–water partition coefficient (Wildman–Crippen LogP) is 1.54. The summed E-state index contributed by atoms with van der Waals surface area (Å²) in [6.07, 6.45) is 0. The summed E-state index contributed by atoms with van der Waals surface area (Å²) in [6.45, 7) is 6.06. The fourth-order valence-corrected chi connectivity index (χ4v) is 3.69. The average Bonchev–Trinajstić information content (AvgIpc) is 2.93. The van der Waals surface area contributed by atoms with E-state index >= 15 is 0 Å². The molecule has 2 aliphatic heterocycles. The minimum absolute atomic E-state index is 0.0376. The topological polar surface area (TPSA) is 70.7 Å². The molecule has 0 saturated carbocycles. The van der Waals surface area contributed by atoms with Crippen LogP contribution in [-0.4, -0.2) is 43.1 Å². The molecule has 0 unspecified atom stereocenters. The van der Waals surface area contributed by atoms with Crippen LogP contribution in [0.2, 0.25) is 0 Å². The van der Waals surface area contributed by atoms with E-state index in [2.05, 4.69) is 10.6 Å². The Balaban J connectivity index is 1.94. The lowest BCUT2D eigenvalue weighted by molar-refractivity contribution is -0.131. The Kier molecular flexibility index (Phi) is 4.17. The first-order valence-corrected chi connectivity index (χ1v) is 8.14. The summed E-state index contributed by atoms with van der Waals surface area (Å²) in [6, 6.07) is 1.36. The summed E-state index contributed by atoms with van der Waals surface area (Å²) < 4.78 is 5.30. The minimum Gasteiger partial charge on any atom is -0.378 e. The zero-order chi connectivity index (χ0) is 15.7. The fraction of sp³-hybridized carbons (Fsp3) is 0.467. The Morgan fingerprint density at radius 1 is 1.36 bits per heavy atom. The van der Waals surface area contributed by atoms with Gasteiger partial charge in [0.2, 0.25) is 0 Å². The molecule has 1 fully saturated rings. The van der Waals surface area contributed by atoms with Crippen LogP contribution in [0.1, 0.15) is 23.4 Å². The van der Waals surface area contributed by atoms with Crippen LogP contribution < -0.4 is 10.6 Å². The van der Waals surface area contributed by atoms with Crippen molar-refractivity contribution in [3.63, 3.8) is 0 Å². The van der Waals surface area contributed by atoms with Gasteiger partial charge in [-0.3, -0.25) is 4.79 Å². The van der Waals surface area contributed by atoms with Gasteiger partial charge >= 0.3 is 6.03 Å². The highest BCUT2D eigenvalue weighted by Crippen LogP contribution is 2.32. The Hall–Kier alpha value is -1.86. The van der Waals surface area contributed by atoms with Crippen molar-refractivity contribution in [3.8, 4) is 0 Å². The summed E-state index contributed by atoms with van der Waals surface area (Å²) in [4.78, 5) is 27.5. The summed E-state index contributed by atoms with van der Waals surface area (Å²) in [7, 11) is 0. The molecule has 22 heavy (non-hydrogen) atoms. The SMILES string of the molecule is CC1=C(C(=O)N2CCOCC2)[C@@H](c2cc(C)cs2)NC(=O)N1. The van der Waals surface area contributed by atoms with E-state index in [1.807, 2.05) is 18.4 Å². The number of ether oxygens (including phenoxy) is 1. The van der Waals surface area contributed by atoms with E-state index in [1.165, 1.54) is 0 Å². The van der Waals surface area contributed by atoms with E-state index in [1.54, 1.807) is 23.2 Å². The van der Waals surface area contributed by atoms with Gasteiger partial charge in [0.1, 0.15) is 0 Å². The molecule has 0 bridgehead atoms. The molecular formula is C15H19N3O3S. The molecule has 2 aliphatic rings. The van der Waals surface area contributed by atoms with Crippen molar-refractivity contribution in [2.75, 3.05) is 26.3 Å². The molecule has 0 spiro atoms. The van der Waals surface area contributed by atoms with Crippen LogP contribution in [0.3, 0.4) is 0 Å². The van der Waals surface area contributed by atoms with Gasteiger partial charge in [0, 0.05) is 23.7 Å². The normalized spacial score (nSPS) is 22.4. The van der Waals surface area contributed by atoms with Gasteiger partial charge in [-0.05, 0) is 30.9 Å². The number of carbonyl (C=O) groups is 2. The van der Waals surface area contributed by atoms with Crippen LogP contribution in [0.25, 0.3) is 0 Å². The quantitative estimate of drug-likeness (QED) is 0.868. The van der Waals surface area contributed by atoms with Crippen molar-refractivity contribution in [3.05, 3.63) is 33.2 Å². The van der Waals surface area contributed by atoms with Crippen molar-refractivity contribution in [2.45, 2.75) is 19.9 Å². The Morgan fingerprint density at radius 3 is 2.73 bits per heavy atom. The maximum Gasteiger partial charge on any atom is 0.319 e. The first-order valence-electron chi connectivity index (χ1n) is 7.26. The molecule has 0 aromatic carbocycles. The smallest absolute Gasteiger partial charge is 0.319 e. The summed E-state index contributed by atoms with van der Waals surface area (Å²) in [5.41, 5.74) is 2.36. The maximum atomic E-state index is 12.9. The molecule has 1 aromatic heterocycles. The van der Waals surface area contributed by atoms with Gasteiger partial charge in [-0.2, -0.15) is 0 Å². The lowest BCUT2D eigenvalue weighted by Crippen LogP contribution is -2.49. The van der Waals surface area contributed by atoms with Crippen molar-refractivity contribution < 1.29 is 14.3 Å². The van der Waals surface area contributed by atoms with Crippen molar-refractivity contribution in [1.29, 1.82) is 0 Å². The number of aryl methyl sites for hydroxylation is 1. The van der Waals surface area contributed by atoms with Crippen molar-refractivity contribution >= 4 is 23.3 Å². The standard InChI is InChI=1S/C15H19N3O3S/c1-9-7-11(22-8-9)13-12(10(2)16-15(20)17-13)14(19)18-3-5-21-6-4-18/h7-8,13H,3-6H2,1-2H3,(H2,16,17,20)/t13-/m1/s1. The van der Waals surface area contributed by atoms with E-state index < -0.39 is 0 Å². The van der Waals surface area contributed by atoms with Crippen LogP contribution in [0.4, 0.5) is 4.79 Å². The van der Waals surface area contributed by atoms with Gasteiger partial charge in [0.15, 0.2) is 0 Å². The van der Waals surface area contributed by atoms with E-state index in [0.29, 0.717) is 37.6 Å². The number of thiophene rings is 1. The molecule has 1 aromatic rings. The lowest BCUT2D eigenvalue weighted by Gasteiger charge is -2.33. The van der Waals surface area contributed by atoms with Gasteiger partial charge < -0.3 is 20.3 Å². The highest BCUT2D eigenvalue weighted by atomic mass is 32.1. The van der Waals surface area contributed by atoms with Crippen LogP contribution in [0.5, 0.6) is 0 Å². The number of morpholine rings is 1. The fourth-order valence-electron chi connectivity index (χ4n) is 2.73. The Bertz CT molecular complexity index is 632. The molecule has 7 heteroatoms. The van der Waals surface area contributed by atoms with Crippen LogP contribution >= 0.6 is 11.3 Å². The molecule has 118 valence electrons. The lowest BCUT2D eigenvalue weighted by atomic mass is 9.99. The summed E-state index contributed by atoms with van der Waals surface area (Å²) in [5.74, 6) is -0.0376. The number of hydrogen-bond donors (Lipinski definition) is 2. The predicted molar refractivity (Wildman–Crippen MR) is 83.6 cm³/mol. The van der Waals surface area contributed by atoms with Crippen LogP contribution in [0.15, 0.2) is 22.7 Å². The third-order valence-electron chi connectivity index (χ3n) is 3.83. The highest BCUT2D eigenvalue weighted by Gasteiger charge is 2.34. The molecule has 3 heterocycles. The van der Waals surface area contributed by atoms with E-state index in [0.717, 1.165) is 10.4 Å². The summed E-state index contributed by atoms with van der Waals surface area (Å²) >= 11 is 1.56. The highest BCUT2D eigenvalue weighted by molar-refractivity contribution is 7.10. The molecule has 6 nitrogen and oxygen atoms in total. The molecule has 1 saturated heterocycles. The number of nitrogens with one attached hydrogen (secondary N) is 2. The van der Waals surface area contributed by atoms with Gasteiger partial charge in [-0.25, -0.2) is 4.79 Å². The molecular weight excluding hydrogens is 302 g/mol. The average molecular weight is 321 g/mol. The van der Waals surface area contributed by atoms with Gasteiger partial charge in [-0.1, -0.05) is 0 Å². The third kappa shape index (κ3) is 2.86. The van der Waals surface area contributed by atoms with Gasteiger partial charge in [0.05, 0.1) is 24.8 Å². The van der Waals surface area contributed by atoms with Crippen molar-refractivity contribution in [2.24, 2.45) is 0 Å². The monoisotopic (exact) mass is 321 g/mol. The van der Waals surface area contributed by atoms with E-state index in [4.69, 9.17) is 4.74 Å². The second-order valence-corrected chi connectivity index (χ2v) is 6.44. The van der Waals surface area contributed by atoms with E-state index in [9.17, 15) is 9.59 Å².